The minimum Gasteiger partial charge on any atom is -0.294 e. The van der Waals surface area contributed by atoms with E-state index in [-0.39, 0.29) is 17.8 Å². The van der Waals surface area contributed by atoms with Gasteiger partial charge in [-0.1, -0.05) is 30.3 Å². The van der Waals surface area contributed by atoms with Crippen molar-refractivity contribution in [2.24, 2.45) is 0 Å². The van der Waals surface area contributed by atoms with E-state index in [1.165, 1.54) is 12.1 Å². The van der Waals surface area contributed by atoms with Crippen molar-refractivity contribution in [1.82, 2.24) is 4.98 Å². The lowest BCUT2D eigenvalue weighted by atomic mass is 10.0. The van der Waals surface area contributed by atoms with Crippen molar-refractivity contribution >= 4 is 16.7 Å². The largest absolute Gasteiger partial charge is 0.294 e. The maximum atomic E-state index is 13.6. The summed E-state index contributed by atoms with van der Waals surface area (Å²) in [7, 11) is 0. The summed E-state index contributed by atoms with van der Waals surface area (Å²) >= 11 is 0. The van der Waals surface area contributed by atoms with Crippen molar-refractivity contribution < 1.29 is 13.6 Å². The fraction of sp³-hybridized carbons (Fsp3) is 0.0588. The van der Waals surface area contributed by atoms with Crippen LogP contribution in [0, 0.1) is 11.6 Å². The number of pyridine rings is 1. The SMILES string of the molecule is O=C(Cc1cccc(F)c1F)c1ccc2cccnc2c1. The molecule has 0 unspecified atom stereocenters. The number of hydrogen-bond donors (Lipinski definition) is 0. The molecule has 0 saturated heterocycles. The molecule has 0 bridgehead atoms. The van der Waals surface area contributed by atoms with Crippen LogP contribution in [0.3, 0.4) is 0 Å². The standard InChI is InChI=1S/C17H11F2NO/c18-14-5-1-3-13(17(14)19)10-16(21)12-7-6-11-4-2-8-20-15(11)9-12/h1-9H,10H2. The molecule has 0 saturated carbocycles. The van der Waals surface area contributed by atoms with Gasteiger partial charge in [-0.15, -0.1) is 0 Å². The van der Waals surface area contributed by atoms with Crippen molar-refractivity contribution in [3.8, 4) is 0 Å². The zero-order valence-electron chi connectivity index (χ0n) is 11.0. The molecule has 0 N–H and O–H groups in total. The van der Waals surface area contributed by atoms with Crippen molar-refractivity contribution in [2.45, 2.75) is 6.42 Å². The number of rotatable bonds is 3. The van der Waals surface area contributed by atoms with Crippen LogP contribution in [0.5, 0.6) is 0 Å². The van der Waals surface area contributed by atoms with Gasteiger partial charge in [-0.05, 0) is 23.8 Å². The third kappa shape index (κ3) is 2.65. The van der Waals surface area contributed by atoms with Gasteiger partial charge in [0.15, 0.2) is 17.4 Å². The molecule has 0 fully saturated rings. The molecule has 0 aliphatic carbocycles. The Bertz CT molecular complexity index is 830. The van der Waals surface area contributed by atoms with E-state index in [9.17, 15) is 13.6 Å². The highest BCUT2D eigenvalue weighted by atomic mass is 19.2. The molecule has 104 valence electrons. The normalized spacial score (nSPS) is 10.8. The van der Waals surface area contributed by atoms with E-state index in [0.29, 0.717) is 11.1 Å². The number of Topliss-reactive ketones (excluding diaryl/α,β-unsaturated/α-hetero) is 1. The lowest BCUT2D eigenvalue weighted by molar-refractivity contribution is 0.0992. The van der Waals surface area contributed by atoms with Crippen LogP contribution in [0.1, 0.15) is 15.9 Å². The van der Waals surface area contributed by atoms with Gasteiger partial charge in [0.2, 0.25) is 0 Å². The number of ketones is 1. The van der Waals surface area contributed by atoms with Gasteiger partial charge < -0.3 is 0 Å². The van der Waals surface area contributed by atoms with Crippen molar-refractivity contribution in [3.05, 3.63) is 77.5 Å². The summed E-state index contributed by atoms with van der Waals surface area (Å²) in [5.74, 6) is -2.18. The summed E-state index contributed by atoms with van der Waals surface area (Å²) in [4.78, 5) is 16.4. The van der Waals surface area contributed by atoms with Crippen molar-refractivity contribution in [1.29, 1.82) is 0 Å². The Morgan fingerprint density at radius 2 is 1.90 bits per heavy atom. The second-order valence-corrected chi connectivity index (χ2v) is 4.72. The molecule has 0 aliphatic rings. The van der Waals surface area contributed by atoms with Gasteiger partial charge in [0.05, 0.1) is 5.52 Å². The van der Waals surface area contributed by atoms with Crippen LogP contribution in [-0.2, 0) is 6.42 Å². The molecule has 4 heteroatoms. The molecular weight excluding hydrogens is 272 g/mol. The van der Waals surface area contributed by atoms with E-state index < -0.39 is 11.6 Å². The van der Waals surface area contributed by atoms with Gasteiger partial charge in [0.25, 0.3) is 0 Å². The Labute approximate surface area is 120 Å². The Morgan fingerprint density at radius 1 is 1.05 bits per heavy atom. The molecule has 0 amide bonds. The van der Waals surface area contributed by atoms with Crippen LogP contribution in [-0.4, -0.2) is 10.8 Å². The minimum absolute atomic E-state index is 0.0566. The van der Waals surface area contributed by atoms with Crippen molar-refractivity contribution in [3.63, 3.8) is 0 Å². The fourth-order valence-corrected chi connectivity index (χ4v) is 2.20. The van der Waals surface area contributed by atoms with Crippen LogP contribution in [0.25, 0.3) is 10.9 Å². The van der Waals surface area contributed by atoms with Crippen LogP contribution >= 0.6 is 0 Å². The first-order valence-electron chi connectivity index (χ1n) is 6.46. The number of aromatic nitrogens is 1. The summed E-state index contributed by atoms with van der Waals surface area (Å²) in [6, 6.07) is 12.7. The van der Waals surface area contributed by atoms with Gasteiger partial charge in [-0.3, -0.25) is 9.78 Å². The molecule has 1 aromatic heterocycles. The summed E-state index contributed by atoms with van der Waals surface area (Å²) < 4.78 is 26.7. The van der Waals surface area contributed by atoms with E-state index in [1.54, 1.807) is 24.4 Å². The Balaban J connectivity index is 1.91. The van der Waals surface area contributed by atoms with Gasteiger partial charge in [-0.25, -0.2) is 8.78 Å². The Morgan fingerprint density at radius 3 is 2.76 bits per heavy atom. The summed E-state index contributed by atoms with van der Waals surface area (Å²) in [6.45, 7) is 0. The monoisotopic (exact) mass is 283 g/mol. The maximum Gasteiger partial charge on any atom is 0.167 e. The molecule has 0 spiro atoms. The molecule has 0 atom stereocenters. The van der Waals surface area contributed by atoms with E-state index in [4.69, 9.17) is 0 Å². The first-order valence-corrected chi connectivity index (χ1v) is 6.46. The number of nitrogens with zero attached hydrogens (tertiary/aromatic N) is 1. The number of halogens is 2. The summed E-state index contributed by atoms with van der Waals surface area (Å²) in [5.41, 5.74) is 1.19. The van der Waals surface area contributed by atoms with E-state index >= 15 is 0 Å². The fourth-order valence-electron chi connectivity index (χ4n) is 2.20. The molecule has 21 heavy (non-hydrogen) atoms. The first kappa shape index (κ1) is 13.4. The number of benzene rings is 2. The highest BCUT2D eigenvalue weighted by molar-refractivity contribution is 6.00. The number of carbonyl (C=O) groups excluding carboxylic acids is 1. The zero-order chi connectivity index (χ0) is 14.8. The van der Waals surface area contributed by atoms with Crippen LogP contribution < -0.4 is 0 Å². The van der Waals surface area contributed by atoms with Crippen molar-refractivity contribution in [2.75, 3.05) is 0 Å². The first-order chi connectivity index (χ1) is 10.1. The van der Waals surface area contributed by atoms with Gasteiger partial charge in [-0.2, -0.15) is 0 Å². The molecule has 0 radical (unpaired) electrons. The Hall–Kier alpha value is -2.62. The Kier molecular flexibility index (Phi) is 3.44. The number of hydrogen-bond acceptors (Lipinski definition) is 2. The average molecular weight is 283 g/mol. The highest BCUT2D eigenvalue weighted by Gasteiger charge is 2.13. The quantitative estimate of drug-likeness (QED) is 0.681. The zero-order valence-corrected chi connectivity index (χ0v) is 11.0. The molecule has 0 aliphatic heterocycles. The topological polar surface area (TPSA) is 30.0 Å². The number of carbonyl (C=O) groups is 1. The van der Waals surface area contributed by atoms with Gasteiger partial charge in [0.1, 0.15) is 0 Å². The van der Waals surface area contributed by atoms with E-state index in [0.717, 1.165) is 11.5 Å². The minimum atomic E-state index is -0.968. The molecular formula is C17H11F2NO. The van der Waals surface area contributed by atoms with E-state index in [1.807, 2.05) is 12.1 Å². The third-order valence-electron chi connectivity index (χ3n) is 3.31. The highest BCUT2D eigenvalue weighted by Crippen LogP contribution is 2.17. The molecule has 1 heterocycles. The summed E-state index contributed by atoms with van der Waals surface area (Å²) in [5, 5.41) is 0.922. The molecule has 2 nitrogen and oxygen atoms in total. The predicted molar refractivity (Wildman–Crippen MR) is 76.1 cm³/mol. The number of fused-ring (bicyclic) bond motifs is 1. The summed E-state index contributed by atoms with van der Waals surface area (Å²) in [6.07, 6.45) is 1.46. The second-order valence-electron chi connectivity index (χ2n) is 4.72. The third-order valence-corrected chi connectivity index (χ3v) is 3.31. The molecule has 2 aromatic carbocycles. The van der Waals surface area contributed by atoms with Crippen LogP contribution in [0.15, 0.2) is 54.7 Å². The van der Waals surface area contributed by atoms with Gasteiger partial charge in [0, 0.05) is 23.6 Å². The average Bonchev–Trinajstić information content (AvgIpc) is 2.51. The lowest BCUT2D eigenvalue weighted by Gasteiger charge is -2.05. The smallest absolute Gasteiger partial charge is 0.167 e. The van der Waals surface area contributed by atoms with Gasteiger partial charge >= 0.3 is 0 Å². The predicted octanol–water partition coefficient (Wildman–Crippen LogP) is 3.94. The second kappa shape index (κ2) is 5.40. The maximum absolute atomic E-state index is 13.6. The molecule has 3 aromatic rings. The molecule has 3 rings (SSSR count). The van der Waals surface area contributed by atoms with Crippen LogP contribution in [0.2, 0.25) is 0 Å². The van der Waals surface area contributed by atoms with E-state index in [2.05, 4.69) is 4.98 Å². The lowest BCUT2D eigenvalue weighted by Crippen LogP contribution is -2.06. The van der Waals surface area contributed by atoms with Crippen LogP contribution in [0.4, 0.5) is 8.78 Å².